The average Bonchev–Trinajstić information content (AvgIpc) is 2.57. The van der Waals surface area contributed by atoms with Crippen LogP contribution in [-0.2, 0) is 9.59 Å². The maximum absolute atomic E-state index is 12.4. The van der Waals surface area contributed by atoms with E-state index in [0.29, 0.717) is 6.54 Å². The van der Waals surface area contributed by atoms with Gasteiger partial charge in [-0.1, -0.05) is 18.2 Å². The molecule has 4 N–H and O–H groups in total. The first kappa shape index (κ1) is 21.6. The second kappa shape index (κ2) is 8.56. The molecule has 7 heteroatoms. The van der Waals surface area contributed by atoms with E-state index in [1.54, 1.807) is 30.3 Å². The third-order valence-corrected chi connectivity index (χ3v) is 4.56. The lowest BCUT2D eigenvalue weighted by Gasteiger charge is -2.46. The fraction of sp³-hybridized carbons (Fsp3) is 0.476. The van der Waals surface area contributed by atoms with Gasteiger partial charge in [0.1, 0.15) is 0 Å². The zero-order valence-electron chi connectivity index (χ0n) is 17.0. The van der Waals surface area contributed by atoms with Crippen molar-refractivity contribution in [1.29, 1.82) is 0 Å². The molecule has 7 nitrogen and oxygen atoms in total. The number of hydrogen-bond acceptors (Lipinski definition) is 4. The molecule has 2 rings (SSSR count). The molecule has 0 unspecified atom stereocenters. The van der Waals surface area contributed by atoms with Crippen molar-refractivity contribution in [3.8, 4) is 0 Å². The number of anilines is 1. The first-order valence-electron chi connectivity index (χ1n) is 9.42. The molecule has 28 heavy (non-hydrogen) atoms. The SMILES string of the molecule is C=CCNC(=O)c1ccccc1NC(=O)C(=O)NC1CC(C)(C)NC(C)(C)C1. The highest BCUT2D eigenvalue weighted by Gasteiger charge is 2.38. The minimum absolute atomic E-state index is 0.115. The third-order valence-electron chi connectivity index (χ3n) is 4.56. The lowest BCUT2D eigenvalue weighted by atomic mass is 9.79. The van der Waals surface area contributed by atoms with Gasteiger partial charge in [0, 0.05) is 23.7 Å². The summed E-state index contributed by atoms with van der Waals surface area (Å²) in [6, 6.07) is 6.44. The Morgan fingerprint density at radius 1 is 1.11 bits per heavy atom. The van der Waals surface area contributed by atoms with E-state index >= 15 is 0 Å². The molecular weight excluding hydrogens is 356 g/mol. The van der Waals surface area contributed by atoms with Crippen LogP contribution in [0.25, 0.3) is 0 Å². The molecule has 1 aromatic rings. The Balaban J connectivity index is 2.04. The number of carbonyl (C=O) groups is 3. The van der Waals surface area contributed by atoms with Crippen molar-refractivity contribution in [3.05, 3.63) is 42.5 Å². The predicted octanol–water partition coefficient (Wildman–Crippen LogP) is 1.97. The molecule has 1 saturated heterocycles. The molecule has 1 aliphatic heterocycles. The van der Waals surface area contributed by atoms with Crippen LogP contribution in [0.5, 0.6) is 0 Å². The Hall–Kier alpha value is -2.67. The van der Waals surface area contributed by atoms with Crippen LogP contribution in [0.1, 0.15) is 50.9 Å². The molecular formula is C21H30N4O3. The molecule has 3 amide bonds. The molecule has 0 aromatic heterocycles. The second-order valence-corrected chi connectivity index (χ2v) is 8.47. The molecule has 0 aliphatic carbocycles. The Morgan fingerprint density at radius 2 is 1.71 bits per heavy atom. The van der Waals surface area contributed by atoms with Crippen molar-refractivity contribution in [1.82, 2.24) is 16.0 Å². The molecule has 1 heterocycles. The lowest BCUT2D eigenvalue weighted by Crippen LogP contribution is -2.62. The molecule has 0 saturated carbocycles. The lowest BCUT2D eigenvalue weighted by molar-refractivity contribution is -0.137. The van der Waals surface area contributed by atoms with Gasteiger partial charge in [-0.3, -0.25) is 14.4 Å². The van der Waals surface area contributed by atoms with Gasteiger partial charge >= 0.3 is 11.8 Å². The van der Waals surface area contributed by atoms with E-state index in [2.05, 4.69) is 55.5 Å². The molecule has 1 aliphatic rings. The topological polar surface area (TPSA) is 99.3 Å². The van der Waals surface area contributed by atoms with E-state index in [9.17, 15) is 14.4 Å². The van der Waals surface area contributed by atoms with Gasteiger partial charge in [-0.15, -0.1) is 6.58 Å². The van der Waals surface area contributed by atoms with E-state index in [-0.39, 0.29) is 34.3 Å². The number of carbonyl (C=O) groups excluding carboxylic acids is 3. The summed E-state index contributed by atoms with van der Waals surface area (Å²) >= 11 is 0. The van der Waals surface area contributed by atoms with Crippen molar-refractivity contribution in [2.24, 2.45) is 0 Å². The number of piperidine rings is 1. The minimum Gasteiger partial charge on any atom is -0.349 e. The summed E-state index contributed by atoms with van der Waals surface area (Å²) in [7, 11) is 0. The van der Waals surface area contributed by atoms with Crippen LogP contribution in [-0.4, -0.2) is 41.4 Å². The highest BCUT2D eigenvalue weighted by atomic mass is 16.2. The van der Waals surface area contributed by atoms with Gasteiger partial charge in [0.05, 0.1) is 11.3 Å². The van der Waals surface area contributed by atoms with Crippen molar-refractivity contribution in [2.45, 2.75) is 57.7 Å². The molecule has 1 aromatic carbocycles. The Kier molecular flexibility index (Phi) is 6.61. The van der Waals surface area contributed by atoms with Crippen LogP contribution in [0.15, 0.2) is 36.9 Å². The number of para-hydroxylation sites is 1. The largest absolute Gasteiger partial charge is 0.349 e. The fourth-order valence-corrected chi connectivity index (χ4v) is 3.90. The van der Waals surface area contributed by atoms with Gasteiger partial charge in [0.25, 0.3) is 5.91 Å². The smallest absolute Gasteiger partial charge is 0.313 e. The summed E-state index contributed by atoms with van der Waals surface area (Å²) < 4.78 is 0. The van der Waals surface area contributed by atoms with Crippen molar-refractivity contribution < 1.29 is 14.4 Å². The molecule has 0 bridgehead atoms. The molecule has 152 valence electrons. The summed E-state index contributed by atoms with van der Waals surface area (Å²) in [6.45, 7) is 12.2. The standard InChI is InChI=1S/C21H30N4O3/c1-6-11-22-17(26)15-9-7-8-10-16(15)24-19(28)18(27)23-14-12-20(2,3)25-21(4,5)13-14/h6-10,14,25H,1,11-13H2,2-5H3,(H,22,26)(H,23,27)(H,24,28). The van der Waals surface area contributed by atoms with Gasteiger partial charge in [-0.25, -0.2) is 0 Å². The van der Waals surface area contributed by atoms with Crippen molar-refractivity contribution >= 4 is 23.4 Å². The maximum Gasteiger partial charge on any atom is 0.313 e. The first-order valence-corrected chi connectivity index (χ1v) is 9.42. The molecule has 0 radical (unpaired) electrons. The number of benzene rings is 1. The van der Waals surface area contributed by atoms with E-state index in [1.165, 1.54) is 0 Å². The second-order valence-electron chi connectivity index (χ2n) is 8.47. The van der Waals surface area contributed by atoms with Crippen LogP contribution in [0.3, 0.4) is 0 Å². The summed E-state index contributed by atoms with van der Waals surface area (Å²) in [5, 5.41) is 11.6. The normalized spacial score (nSPS) is 18.0. The number of amides is 3. The van der Waals surface area contributed by atoms with Crippen molar-refractivity contribution in [3.63, 3.8) is 0 Å². The highest BCUT2D eigenvalue weighted by Crippen LogP contribution is 2.28. The first-order chi connectivity index (χ1) is 13.0. The predicted molar refractivity (Wildman–Crippen MR) is 110 cm³/mol. The Bertz CT molecular complexity index is 755. The van der Waals surface area contributed by atoms with Gasteiger partial charge in [-0.2, -0.15) is 0 Å². The molecule has 0 atom stereocenters. The zero-order valence-corrected chi connectivity index (χ0v) is 17.0. The number of rotatable bonds is 5. The van der Waals surface area contributed by atoms with Gasteiger partial charge in [0.15, 0.2) is 0 Å². The van der Waals surface area contributed by atoms with Gasteiger partial charge < -0.3 is 21.3 Å². The van der Waals surface area contributed by atoms with Crippen molar-refractivity contribution in [2.75, 3.05) is 11.9 Å². The van der Waals surface area contributed by atoms with E-state index in [1.807, 2.05) is 0 Å². The summed E-state index contributed by atoms with van der Waals surface area (Å²) in [5.74, 6) is -1.85. The van der Waals surface area contributed by atoms with E-state index < -0.39 is 11.8 Å². The number of nitrogens with one attached hydrogen (secondary N) is 4. The number of hydrogen-bond donors (Lipinski definition) is 4. The minimum atomic E-state index is -0.793. The molecule has 0 spiro atoms. The monoisotopic (exact) mass is 386 g/mol. The van der Waals surface area contributed by atoms with Crippen LogP contribution in [0.2, 0.25) is 0 Å². The highest BCUT2D eigenvalue weighted by molar-refractivity contribution is 6.40. The summed E-state index contributed by atoms with van der Waals surface area (Å²) in [6.07, 6.45) is 3.00. The maximum atomic E-state index is 12.4. The zero-order chi connectivity index (χ0) is 20.9. The third kappa shape index (κ3) is 5.92. The Morgan fingerprint density at radius 3 is 2.32 bits per heavy atom. The summed E-state index contributed by atoms with van der Waals surface area (Å²) in [5.41, 5.74) is 0.280. The van der Waals surface area contributed by atoms with Crippen LogP contribution < -0.4 is 21.3 Å². The van der Waals surface area contributed by atoms with Crippen LogP contribution in [0, 0.1) is 0 Å². The van der Waals surface area contributed by atoms with Crippen LogP contribution in [0.4, 0.5) is 5.69 Å². The van der Waals surface area contributed by atoms with E-state index in [4.69, 9.17) is 0 Å². The summed E-state index contributed by atoms with van der Waals surface area (Å²) in [4.78, 5) is 37.1. The quantitative estimate of drug-likeness (QED) is 0.459. The van der Waals surface area contributed by atoms with Gasteiger partial charge in [0.2, 0.25) is 0 Å². The Labute approximate surface area is 166 Å². The van der Waals surface area contributed by atoms with Gasteiger partial charge in [-0.05, 0) is 52.7 Å². The fourth-order valence-electron chi connectivity index (χ4n) is 3.90. The molecule has 1 fully saturated rings. The van der Waals surface area contributed by atoms with Crippen LogP contribution >= 0.6 is 0 Å². The average molecular weight is 386 g/mol. The van der Waals surface area contributed by atoms with E-state index in [0.717, 1.165) is 12.8 Å².